The van der Waals surface area contributed by atoms with Gasteiger partial charge >= 0.3 is 0 Å². The summed E-state index contributed by atoms with van der Waals surface area (Å²) in [5.74, 6) is 7.37. The molecule has 16 heterocycles. The van der Waals surface area contributed by atoms with Crippen LogP contribution in [0.5, 0.6) is 23.0 Å². The fourth-order valence-electron chi connectivity index (χ4n) is 17.3. The molecule has 12 aromatic rings. The van der Waals surface area contributed by atoms with Gasteiger partial charge in [-0.3, -0.25) is 24.5 Å². The van der Waals surface area contributed by atoms with E-state index in [2.05, 4.69) is 187 Å². The molecule has 0 radical (unpaired) electrons. The van der Waals surface area contributed by atoms with Crippen molar-refractivity contribution in [3.63, 3.8) is 0 Å². The van der Waals surface area contributed by atoms with Crippen molar-refractivity contribution in [3.05, 3.63) is 169 Å². The molecule has 8 aromatic heterocycles. The van der Waals surface area contributed by atoms with Gasteiger partial charge in [-0.15, -0.1) is 5.10 Å². The number of ether oxygens (including phenoxy) is 4. The molecule has 9 aliphatic rings. The Morgan fingerprint density at radius 3 is 1.74 bits per heavy atom. The summed E-state index contributed by atoms with van der Waals surface area (Å²) >= 11 is 0. The van der Waals surface area contributed by atoms with Crippen molar-refractivity contribution >= 4 is 45.9 Å². The second-order valence-corrected chi connectivity index (χ2v) is 31.9. The van der Waals surface area contributed by atoms with Crippen LogP contribution in [-0.4, -0.2) is 237 Å². The monoisotopic (exact) mass is 1480 g/mol. The molecule has 21 rings (SSSR count). The zero-order valence-electron chi connectivity index (χ0n) is 64.4. The predicted octanol–water partition coefficient (Wildman–Crippen LogP) is 12.0. The van der Waals surface area contributed by atoms with Crippen molar-refractivity contribution in [3.8, 4) is 67.6 Å². The minimum atomic E-state index is 0.184. The number of aromatic nitrogens is 12. The number of hydrogen-bond donors (Lipinski definition) is 3. The molecule has 5 fully saturated rings. The minimum absolute atomic E-state index is 0.184. The molecule has 3 N–H and O–H groups in total. The van der Waals surface area contributed by atoms with Gasteiger partial charge in [-0.25, -0.2) is 38.0 Å². The number of benzene rings is 4. The van der Waals surface area contributed by atoms with Gasteiger partial charge in [-0.2, -0.15) is 15.3 Å². The van der Waals surface area contributed by atoms with E-state index in [4.69, 9.17) is 39.0 Å². The van der Waals surface area contributed by atoms with Crippen molar-refractivity contribution in [2.24, 2.45) is 0 Å². The van der Waals surface area contributed by atoms with Gasteiger partial charge in [0.1, 0.15) is 72.2 Å². The van der Waals surface area contributed by atoms with Gasteiger partial charge in [0.05, 0.1) is 36.5 Å². The van der Waals surface area contributed by atoms with Crippen molar-refractivity contribution in [1.29, 1.82) is 0 Å². The number of rotatable bonds is 1. The number of fused-ring (bicyclic) bond motifs is 23. The lowest BCUT2D eigenvalue weighted by molar-refractivity contribution is -0.0341. The Labute approximate surface area is 642 Å². The summed E-state index contributed by atoms with van der Waals surface area (Å²) < 4.78 is 32.4. The molecule has 1 aliphatic carbocycles. The average molecular weight is 1480 g/mol. The van der Waals surface area contributed by atoms with Crippen LogP contribution in [0.3, 0.4) is 0 Å². The lowest BCUT2D eigenvalue weighted by atomic mass is 9.95. The quantitative estimate of drug-likeness (QED) is 0.139. The molecular formula is C85H101N21O4. The minimum Gasteiger partial charge on any atom is -0.492 e. The molecule has 25 heteroatoms. The lowest BCUT2D eigenvalue weighted by Gasteiger charge is -2.51. The van der Waals surface area contributed by atoms with Gasteiger partial charge in [-0.05, 0) is 211 Å². The Balaban J connectivity index is 0.000000103. The molecule has 0 amide bonds. The van der Waals surface area contributed by atoms with Crippen molar-refractivity contribution in [2.45, 2.75) is 122 Å². The normalized spacial score (nSPS) is 22.9. The number of likely N-dealkylation sites (N-methyl/N-ethyl adjacent to an activating group) is 1. The van der Waals surface area contributed by atoms with Gasteiger partial charge < -0.3 is 39.8 Å². The first-order chi connectivity index (χ1) is 53.7. The summed E-state index contributed by atoms with van der Waals surface area (Å²) in [7, 11) is 2.15. The second-order valence-electron chi connectivity index (χ2n) is 31.9. The van der Waals surface area contributed by atoms with Gasteiger partial charge in [-0.1, -0.05) is 24.3 Å². The summed E-state index contributed by atoms with van der Waals surface area (Å²) in [6.07, 6.45) is 22.3. The maximum Gasteiger partial charge on any atom is 0.165 e. The molecule has 8 aliphatic heterocycles. The largest absolute Gasteiger partial charge is 0.492 e. The third-order valence-corrected chi connectivity index (χ3v) is 23.7. The van der Waals surface area contributed by atoms with Crippen molar-refractivity contribution in [2.75, 3.05) is 139 Å². The third kappa shape index (κ3) is 15.1. The first-order valence-corrected chi connectivity index (χ1v) is 39.7. The Hall–Kier alpha value is -10.4. The number of imidazole rings is 1. The highest BCUT2D eigenvalue weighted by atomic mass is 16.5. The Morgan fingerprint density at radius 2 is 1.05 bits per heavy atom. The summed E-state index contributed by atoms with van der Waals surface area (Å²) in [4.78, 5) is 34.3. The molecular weight excluding hydrogens is 1380 g/mol. The van der Waals surface area contributed by atoms with Crippen molar-refractivity contribution in [1.82, 2.24) is 82.9 Å². The summed E-state index contributed by atoms with van der Waals surface area (Å²) in [6.45, 7) is 29.5. The highest BCUT2D eigenvalue weighted by molar-refractivity contribution is 5.83. The fraction of sp³-hybridized carbons (Fsp3) is 0.435. The maximum absolute atomic E-state index is 6.42. The lowest BCUT2D eigenvalue weighted by Crippen LogP contribution is -2.65. The van der Waals surface area contributed by atoms with E-state index in [1.165, 1.54) is 47.9 Å². The molecule has 570 valence electrons. The van der Waals surface area contributed by atoms with Crippen LogP contribution in [0, 0.1) is 27.7 Å². The van der Waals surface area contributed by atoms with Gasteiger partial charge in [0.2, 0.25) is 0 Å². The van der Waals surface area contributed by atoms with E-state index >= 15 is 0 Å². The highest BCUT2D eigenvalue weighted by Gasteiger charge is 2.45. The van der Waals surface area contributed by atoms with Crippen molar-refractivity contribution < 1.29 is 18.9 Å². The molecule has 4 saturated heterocycles. The van der Waals surface area contributed by atoms with Crippen LogP contribution < -0.4 is 39.8 Å². The number of piperazine rings is 1. The molecule has 25 nitrogen and oxygen atoms in total. The highest BCUT2D eigenvalue weighted by Crippen LogP contribution is 2.40. The second kappa shape index (κ2) is 30.4. The van der Waals surface area contributed by atoms with E-state index in [1.807, 2.05) is 91.8 Å². The van der Waals surface area contributed by atoms with E-state index in [0.717, 1.165) is 230 Å². The number of anilines is 4. The summed E-state index contributed by atoms with van der Waals surface area (Å²) in [5, 5.41) is 28.9. The van der Waals surface area contributed by atoms with Crippen LogP contribution in [0.4, 0.5) is 23.3 Å². The standard InChI is InChI=1S/C25H32N6O.C21H25N5O.C20H23N5O.C19H21N5O/c1-17-4-7-20-12-21(17)22-13-27-31-10-8-23(28-24(22)31)26-9-11-29-16-25(2,3)30(18-5-6-18)14-19(29)15-32-20;1-15-5-6-16-12-18(15)19-13-23-21-8-7-20(24-26(19)21)22-9-11-25-10-3-2-4-17(14-25)27-16;1-14-3-4-16-11-17(14)18-12-21-25-8-6-19(22-20(18)25)23(2)15-5-7-24(13-15)9-10-26-16;1-13-2-3-15-10-16(13)17-11-20-24-7-5-18(22-19(17)24)21-14-4-6-23(12-14)8-9-25-15/h4,7-8,10,12-13,18-19H,5-6,9,11,14-16H2,1-3H3,(H,26,28);5-8,12-13,17H,2-4,9-11,14H2,1H3,(H,22,24);3-4,6,8,11-12,15H,5,7,9-10,13H2,1-2H3;2-3,5,7,10-11,14H,4,6,8-9,12H2,1H3,(H,21,22)/t19-;17-;15-;14-/m0111/s1. The fourth-order valence-corrected chi connectivity index (χ4v) is 17.3. The average Bonchev–Trinajstić information content (AvgIpc) is 1.58. The number of nitrogens with one attached hydrogen (secondary N) is 3. The SMILES string of the molecule is Cc1ccc2cc1-c1cnc3ccc(nn13)NCCN1CCCC[C@H](C1)O2.Cc1ccc2cc1-c1cnn3ccc(nc13)N(C)[C@@H]1CCN(CCO2)C1.Cc1ccc2cc1-c1cnn3ccc(nc13)NCCN1CC(C)(C)N(C3CC3)C[C@H]1CO2.Cc1ccc2cc1-c1cnn3ccc(nc13)N[C@@H]1CCN(CCO2)C1. The first-order valence-electron chi connectivity index (χ1n) is 39.7. The van der Waals surface area contributed by atoms with E-state index in [-0.39, 0.29) is 11.6 Å². The van der Waals surface area contributed by atoms with Gasteiger partial charge in [0.25, 0.3) is 0 Å². The maximum atomic E-state index is 6.42. The topological polar surface area (TPSA) is 213 Å². The number of hydrogen-bond acceptors (Lipinski definition) is 21. The van der Waals surface area contributed by atoms with E-state index in [1.54, 1.807) is 0 Å². The number of aryl methyl sites for hydroxylation is 4. The molecule has 4 aromatic carbocycles. The van der Waals surface area contributed by atoms with Crippen LogP contribution in [-0.2, 0) is 0 Å². The molecule has 22 bridgehead atoms. The van der Waals surface area contributed by atoms with Crippen LogP contribution in [0.15, 0.2) is 147 Å². The zero-order chi connectivity index (χ0) is 74.6. The molecule has 1 saturated carbocycles. The van der Waals surface area contributed by atoms with E-state index in [0.29, 0.717) is 37.9 Å². The molecule has 110 heavy (non-hydrogen) atoms. The van der Waals surface area contributed by atoms with Gasteiger partial charge in [0, 0.05) is 157 Å². The van der Waals surface area contributed by atoms with Crippen LogP contribution in [0.1, 0.15) is 81.0 Å². The van der Waals surface area contributed by atoms with Crippen LogP contribution in [0.2, 0.25) is 0 Å². The summed E-state index contributed by atoms with van der Waals surface area (Å²) in [5.41, 5.74) is 17.1. The Kier molecular flexibility index (Phi) is 19.7. The Bertz CT molecular complexity index is 5320. The van der Waals surface area contributed by atoms with Crippen LogP contribution in [0.25, 0.3) is 67.2 Å². The predicted molar refractivity (Wildman–Crippen MR) is 432 cm³/mol. The molecule has 3 unspecified atom stereocenters. The first kappa shape index (κ1) is 71.2. The molecule has 0 spiro atoms. The van der Waals surface area contributed by atoms with E-state index in [9.17, 15) is 0 Å². The third-order valence-electron chi connectivity index (χ3n) is 23.7. The van der Waals surface area contributed by atoms with Gasteiger partial charge in [0.15, 0.2) is 22.6 Å². The molecule has 7 atom stereocenters. The number of nitrogens with zero attached hydrogens (tertiary/aromatic N) is 18. The Morgan fingerprint density at radius 1 is 0.464 bits per heavy atom. The summed E-state index contributed by atoms with van der Waals surface area (Å²) in [6, 6.07) is 37.4. The smallest absolute Gasteiger partial charge is 0.165 e. The van der Waals surface area contributed by atoms with Crippen LogP contribution >= 0.6 is 0 Å². The zero-order valence-corrected chi connectivity index (χ0v) is 64.4. The van der Waals surface area contributed by atoms with E-state index < -0.39 is 0 Å².